The highest BCUT2D eigenvalue weighted by Crippen LogP contribution is 2.29. The van der Waals surface area contributed by atoms with E-state index in [9.17, 15) is 4.79 Å². The minimum Gasteiger partial charge on any atom is -0.494 e. The van der Waals surface area contributed by atoms with Gasteiger partial charge in [0.25, 0.3) is 5.56 Å². The van der Waals surface area contributed by atoms with Gasteiger partial charge in [-0.3, -0.25) is 4.79 Å². The quantitative estimate of drug-likeness (QED) is 0.255. The second kappa shape index (κ2) is 11.8. The molecule has 35 heavy (non-hydrogen) atoms. The number of unbranched alkanes of at least 4 members (excludes halogenated alkanes) is 2. The van der Waals surface area contributed by atoms with Crippen molar-refractivity contribution in [2.24, 2.45) is 0 Å². The highest BCUT2D eigenvalue weighted by atomic mass is 32.1. The molecule has 2 heterocycles. The predicted octanol–water partition coefficient (Wildman–Crippen LogP) is 5.12. The zero-order chi connectivity index (χ0) is 24.6. The predicted molar refractivity (Wildman–Crippen MR) is 140 cm³/mol. The molecule has 0 atom stereocenters. The number of hydrogen-bond donors (Lipinski definition) is 0. The molecular formula is C27H31N3O4S. The second-order valence-electron chi connectivity index (χ2n) is 8.11. The fourth-order valence-electron chi connectivity index (χ4n) is 3.56. The standard InChI is InChI=1S/C27H31N3O4S/c1-4-7-8-16-33-21-12-10-20(11-13-21)25-28-27-30(29-25)26(31)24(35-27)18-19-9-14-22(34-15-5-2)23(17-19)32-6-3/h9-14,17-18H,4-8,15-16H2,1-3H3/b24-18+. The Morgan fingerprint density at radius 3 is 2.46 bits per heavy atom. The number of hydrogen-bond acceptors (Lipinski definition) is 7. The average Bonchev–Trinajstić information content (AvgIpc) is 3.41. The van der Waals surface area contributed by atoms with Crippen LogP contribution in [-0.4, -0.2) is 34.4 Å². The van der Waals surface area contributed by atoms with E-state index in [1.165, 1.54) is 22.3 Å². The van der Waals surface area contributed by atoms with E-state index in [-0.39, 0.29) is 5.56 Å². The van der Waals surface area contributed by atoms with Crippen LogP contribution in [0.4, 0.5) is 0 Å². The first-order chi connectivity index (χ1) is 17.1. The van der Waals surface area contributed by atoms with Crippen molar-refractivity contribution in [3.63, 3.8) is 0 Å². The Hall–Kier alpha value is -3.39. The van der Waals surface area contributed by atoms with Gasteiger partial charge in [-0.05, 0) is 67.8 Å². The van der Waals surface area contributed by atoms with Gasteiger partial charge < -0.3 is 14.2 Å². The van der Waals surface area contributed by atoms with Gasteiger partial charge in [0, 0.05) is 5.56 Å². The van der Waals surface area contributed by atoms with Crippen LogP contribution in [-0.2, 0) is 0 Å². The van der Waals surface area contributed by atoms with Gasteiger partial charge in [0.15, 0.2) is 17.3 Å². The van der Waals surface area contributed by atoms with Gasteiger partial charge in [-0.15, -0.1) is 5.10 Å². The van der Waals surface area contributed by atoms with Crippen LogP contribution in [0.3, 0.4) is 0 Å². The third-order valence-corrected chi connectivity index (χ3v) is 6.30. The molecule has 0 aliphatic heterocycles. The molecule has 0 amide bonds. The van der Waals surface area contributed by atoms with Gasteiger partial charge >= 0.3 is 0 Å². The average molecular weight is 494 g/mol. The highest BCUT2D eigenvalue weighted by Gasteiger charge is 2.13. The summed E-state index contributed by atoms with van der Waals surface area (Å²) in [4.78, 5) is 18.1. The maximum absolute atomic E-state index is 13.0. The van der Waals surface area contributed by atoms with Crippen LogP contribution in [0.15, 0.2) is 47.3 Å². The molecule has 0 aliphatic rings. The molecule has 4 rings (SSSR count). The lowest BCUT2D eigenvalue weighted by Gasteiger charge is -2.11. The zero-order valence-corrected chi connectivity index (χ0v) is 21.3. The Labute approximate surface area is 209 Å². The zero-order valence-electron chi connectivity index (χ0n) is 20.5. The van der Waals surface area contributed by atoms with Gasteiger partial charge in [-0.25, -0.2) is 0 Å². The van der Waals surface area contributed by atoms with Crippen LogP contribution in [0.5, 0.6) is 17.2 Å². The van der Waals surface area contributed by atoms with Crippen molar-refractivity contribution in [3.05, 3.63) is 62.9 Å². The van der Waals surface area contributed by atoms with Crippen molar-refractivity contribution in [1.82, 2.24) is 14.6 Å². The van der Waals surface area contributed by atoms with Crippen LogP contribution in [0.2, 0.25) is 0 Å². The summed E-state index contributed by atoms with van der Waals surface area (Å²) < 4.78 is 19.2. The Kier molecular flexibility index (Phi) is 8.36. The summed E-state index contributed by atoms with van der Waals surface area (Å²) in [6.45, 7) is 8.03. The van der Waals surface area contributed by atoms with E-state index in [1.807, 2.05) is 55.5 Å². The maximum atomic E-state index is 13.0. The third kappa shape index (κ3) is 6.00. The summed E-state index contributed by atoms with van der Waals surface area (Å²) in [5, 5.41) is 4.45. The van der Waals surface area contributed by atoms with E-state index in [0.29, 0.717) is 46.6 Å². The van der Waals surface area contributed by atoms with Crippen molar-refractivity contribution in [1.29, 1.82) is 0 Å². The van der Waals surface area contributed by atoms with Gasteiger partial charge in [-0.2, -0.15) is 9.50 Å². The molecule has 0 aliphatic carbocycles. The minimum absolute atomic E-state index is 0.191. The summed E-state index contributed by atoms with van der Waals surface area (Å²) in [6.07, 6.45) is 6.13. The van der Waals surface area contributed by atoms with Crippen LogP contribution < -0.4 is 24.3 Å². The molecule has 0 bridgehead atoms. The molecule has 0 radical (unpaired) electrons. The lowest BCUT2D eigenvalue weighted by Crippen LogP contribution is -2.23. The molecule has 0 saturated carbocycles. The molecule has 0 fully saturated rings. The molecule has 7 nitrogen and oxygen atoms in total. The Balaban J connectivity index is 1.55. The first-order valence-corrected chi connectivity index (χ1v) is 13.0. The van der Waals surface area contributed by atoms with Gasteiger partial charge in [-0.1, -0.05) is 44.1 Å². The molecule has 2 aromatic carbocycles. The minimum atomic E-state index is -0.191. The van der Waals surface area contributed by atoms with Crippen molar-refractivity contribution in [2.75, 3.05) is 19.8 Å². The number of benzene rings is 2. The fraction of sp³-hybridized carbons (Fsp3) is 0.370. The summed E-state index contributed by atoms with van der Waals surface area (Å²) in [5.41, 5.74) is 1.51. The SMILES string of the molecule is CCCCCOc1ccc(-c2nc3s/c(=C/c4ccc(OCCC)c(OCC)c4)c(=O)n3n2)cc1. The van der Waals surface area contributed by atoms with Crippen molar-refractivity contribution in [3.8, 4) is 28.6 Å². The Morgan fingerprint density at radius 1 is 0.914 bits per heavy atom. The van der Waals surface area contributed by atoms with Gasteiger partial charge in [0.1, 0.15) is 5.75 Å². The molecule has 0 unspecified atom stereocenters. The van der Waals surface area contributed by atoms with Crippen LogP contribution in [0.25, 0.3) is 22.4 Å². The molecule has 0 N–H and O–H groups in total. The summed E-state index contributed by atoms with van der Waals surface area (Å²) in [6, 6.07) is 13.4. The van der Waals surface area contributed by atoms with Crippen LogP contribution in [0, 0.1) is 0 Å². The molecule has 0 saturated heterocycles. The molecule has 0 spiro atoms. The Bertz CT molecular complexity index is 1360. The van der Waals surface area contributed by atoms with E-state index in [4.69, 9.17) is 14.2 Å². The largest absolute Gasteiger partial charge is 0.494 e. The van der Waals surface area contributed by atoms with E-state index in [2.05, 4.69) is 23.9 Å². The summed E-state index contributed by atoms with van der Waals surface area (Å²) in [5.74, 6) is 2.72. The molecule has 184 valence electrons. The number of fused-ring (bicyclic) bond motifs is 1. The van der Waals surface area contributed by atoms with Gasteiger partial charge in [0.2, 0.25) is 4.96 Å². The molecular weight excluding hydrogens is 462 g/mol. The number of rotatable bonds is 12. The van der Waals surface area contributed by atoms with Crippen LogP contribution >= 0.6 is 11.3 Å². The molecule has 4 aromatic rings. The van der Waals surface area contributed by atoms with Crippen LogP contribution in [0.1, 0.15) is 52.0 Å². The second-order valence-corrected chi connectivity index (χ2v) is 9.12. The number of thiazole rings is 1. The monoisotopic (exact) mass is 493 g/mol. The molecule has 8 heteroatoms. The topological polar surface area (TPSA) is 75.0 Å². The first kappa shape index (κ1) is 24.7. The van der Waals surface area contributed by atoms with Gasteiger partial charge in [0.05, 0.1) is 24.4 Å². The number of nitrogens with zero attached hydrogens (tertiary/aromatic N) is 3. The number of aromatic nitrogens is 3. The Morgan fingerprint density at radius 2 is 1.74 bits per heavy atom. The lowest BCUT2D eigenvalue weighted by molar-refractivity contribution is 0.277. The first-order valence-electron chi connectivity index (χ1n) is 12.2. The van der Waals surface area contributed by atoms with Crippen molar-refractivity contribution in [2.45, 2.75) is 46.5 Å². The lowest BCUT2D eigenvalue weighted by atomic mass is 10.2. The van der Waals surface area contributed by atoms with E-state index in [1.54, 1.807) is 0 Å². The molecule has 2 aromatic heterocycles. The van der Waals surface area contributed by atoms with E-state index < -0.39 is 0 Å². The van der Waals surface area contributed by atoms with E-state index in [0.717, 1.165) is 36.1 Å². The van der Waals surface area contributed by atoms with E-state index >= 15 is 0 Å². The normalized spacial score (nSPS) is 11.8. The van der Waals surface area contributed by atoms with Crippen molar-refractivity contribution >= 4 is 22.4 Å². The maximum Gasteiger partial charge on any atom is 0.291 e. The number of ether oxygens (including phenoxy) is 3. The third-order valence-electron chi connectivity index (χ3n) is 5.34. The smallest absolute Gasteiger partial charge is 0.291 e. The highest BCUT2D eigenvalue weighted by molar-refractivity contribution is 7.15. The van der Waals surface area contributed by atoms with Crippen molar-refractivity contribution < 1.29 is 14.2 Å². The summed E-state index contributed by atoms with van der Waals surface area (Å²) in [7, 11) is 0. The summed E-state index contributed by atoms with van der Waals surface area (Å²) >= 11 is 1.31. The fourth-order valence-corrected chi connectivity index (χ4v) is 4.47.